The fourth-order valence-electron chi connectivity index (χ4n) is 4.67. The van der Waals surface area contributed by atoms with Crippen molar-refractivity contribution in [2.24, 2.45) is 0 Å². The first-order valence-corrected chi connectivity index (χ1v) is 12.0. The van der Waals surface area contributed by atoms with Crippen molar-refractivity contribution in [3.63, 3.8) is 0 Å². The Kier molecular flexibility index (Phi) is 7.78. The fraction of sp³-hybridized carbons (Fsp3) is 0.357. The molecule has 1 aliphatic rings. The van der Waals surface area contributed by atoms with Gasteiger partial charge in [-0.25, -0.2) is 4.39 Å². The Bertz CT molecular complexity index is 1090. The third-order valence-corrected chi connectivity index (χ3v) is 6.57. The van der Waals surface area contributed by atoms with E-state index in [0.29, 0.717) is 18.5 Å². The van der Waals surface area contributed by atoms with Crippen LogP contribution in [0, 0.1) is 12.7 Å². The van der Waals surface area contributed by atoms with Gasteiger partial charge < -0.3 is 14.6 Å². The number of rotatable bonds is 8. The number of furan rings is 1. The Morgan fingerprint density at radius 2 is 1.76 bits per heavy atom. The molecule has 2 aromatic carbocycles. The number of nitrogens with one attached hydrogen (secondary N) is 1. The van der Waals surface area contributed by atoms with Crippen LogP contribution in [0.15, 0.2) is 71.3 Å². The minimum Gasteiger partial charge on any atom is -0.459 e. The summed E-state index contributed by atoms with van der Waals surface area (Å²) in [4.78, 5) is 28.8. The second-order valence-corrected chi connectivity index (χ2v) is 8.95. The van der Waals surface area contributed by atoms with Gasteiger partial charge in [0.15, 0.2) is 5.76 Å². The van der Waals surface area contributed by atoms with E-state index in [2.05, 4.69) is 5.32 Å². The van der Waals surface area contributed by atoms with Gasteiger partial charge in [-0.15, -0.1) is 0 Å². The fourth-order valence-corrected chi connectivity index (χ4v) is 4.67. The molecule has 0 saturated heterocycles. The van der Waals surface area contributed by atoms with E-state index < -0.39 is 6.04 Å². The number of halogens is 1. The molecule has 178 valence electrons. The number of amides is 2. The van der Waals surface area contributed by atoms with Crippen molar-refractivity contribution >= 4 is 11.8 Å². The minimum absolute atomic E-state index is 0.0844. The number of hydrogen-bond donors (Lipinski definition) is 1. The van der Waals surface area contributed by atoms with Crippen molar-refractivity contribution in [2.75, 3.05) is 6.54 Å². The van der Waals surface area contributed by atoms with Gasteiger partial charge in [0.05, 0.1) is 6.26 Å². The molecule has 1 heterocycles. The summed E-state index contributed by atoms with van der Waals surface area (Å²) in [6.45, 7) is 2.34. The Labute approximate surface area is 200 Å². The molecule has 1 atom stereocenters. The highest BCUT2D eigenvalue weighted by molar-refractivity contribution is 5.96. The predicted molar refractivity (Wildman–Crippen MR) is 129 cm³/mol. The summed E-state index contributed by atoms with van der Waals surface area (Å²) < 4.78 is 19.1. The summed E-state index contributed by atoms with van der Waals surface area (Å²) in [6, 6.07) is 16.3. The standard InChI is InChI=1S/C28H31FN2O3/c1-20-8-5-6-9-21(20)17-18-31(28(33)25-12-7-19-34-25)26(22-13-15-23(29)16-14-22)27(32)30-24-10-3-2-4-11-24/h5-9,12-16,19,24,26H,2-4,10-11,17-18H2,1H3,(H,30,32)/t26-/m1/s1. The lowest BCUT2D eigenvalue weighted by molar-refractivity contribution is -0.126. The summed E-state index contributed by atoms with van der Waals surface area (Å²) in [5.41, 5.74) is 2.79. The number of hydrogen-bond acceptors (Lipinski definition) is 3. The van der Waals surface area contributed by atoms with Gasteiger partial charge in [0.2, 0.25) is 5.91 Å². The van der Waals surface area contributed by atoms with Gasteiger partial charge in [-0.1, -0.05) is 55.7 Å². The molecule has 34 heavy (non-hydrogen) atoms. The van der Waals surface area contributed by atoms with E-state index in [1.54, 1.807) is 29.2 Å². The van der Waals surface area contributed by atoms with E-state index in [0.717, 1.165) is 36.8 Å². The van der Waals surface area contributed by atoms with Crippen LogP contribution in [0.5, 0.6) is 0 Å². The van der Waals surface area contributed by atoms with Crippen molar-refractivity contribution in [1.29, 1.82) is 0 Å². The second kappa shape index (κ2) is 11.1. The van der Waals surface area contributed by atoms with Crippen molar-refractivity contribution < 1.29 is 18.4 Å². The SMILES string of the molecule is Cc1ccccc1CCN(C(=O)c1ccco1)[C@@H](C(=O)NC1CCCCC1)c1ccc(F)cc1. The Balaban J connectivity index is 1.67. The van der Waals surface area contributed by atoms with E-state index in [1.165, 1.54) is 24.8 Å². The second-order valence-electron chi connectivity index (χ2n) is 8.95. The molecule has 1 aromatic heterocycles. The van der Waals surface area contributed by atoms with Crippen LogP contribution >= 0.6 is 0 Å². The van der Waals surface area contributed by atoms with E-state index in [4.69, 9.17) is 4.42 Å². The van der Waals surface area contributed by atoms with Crippen molar-refractivity contribution in [3.8, 4) is 0 Å². The Morgan fingerprint density at radius 1 is 1.03 bits per heavy atom. The highest BCUT2D eigenvalue weighted by atomic mass is 19.1. The third kappa shape index (κ3) is 5.74. The molecule has 5 nitrogen and oxygen atoms in total. The molecule has 0 radical (unpaired) electrons. The van der Waals surface area contributed by atoms with E-state index in [-0.39, 0.29) is 29.4 Å². The number of benzene rings is 2. The van der Waals surface area contributed by atoms with E-state index in [9.17, 15) is 14.0 Å². The normalized spacial score (nSPS) is 15.0. The lowest BCUT2D eigenvalue weighted by atomic mass is 9.94. The predicted octanol–water partition coefficient (Wildman–Crippen LogP) is 5.60. The zero-order chi connectivity index (χ0) is 23.9. The lowest BCUT2D eigenvalue weighted by Crippen LogP contribution is -2.47. The maximum absolute atomic E-state index is 13.7. The number of carbonyl (C=O) groups excluding carboxylic acids is 2. The highest BCUT2D eigenvalue weighted by Crippen LogP contribution is 2.27. The van der Waals surface area contributed by atoms with Gasteiger partial charge in [-0.05, 0) is 67.1 Å². The number of carbonyl (C=O) groups is 2. The van der Waals surface area contributed by atoms with Crippen LogP contribution < -0.4 is 5.32 Å². The van der Waals surface area contributed by atoms with Gasteiger partial charge in [-0.3, -0.25) is 9.59 Å². The molecule has 4 rings (SSSR count). The van der Waals surface area contributed by atoms with Crippen LogP contribution in [0.2, 0.25) is 0 Å². The van der Waals surface area contributed by atoms with Gasteiger partial charge in [0, 0.05) is 12.6 Å². The van der Waals surface area contributed by atoms with Crippen LogP contribution in [0.3, 0.4) is 0 Å². The maximum Gasteiger partial charge on any atom is 0.290 e. The molecule has 1 N–H and O–H groups in total. The molecular weight excluding hydrogens is 431 g/mol. The average molecular weight is 463 g/mol. The van der Waals surface area contributed by atoms with Crippen molar-refractivity contribution in [1.82, 2.24) is 10.2 Å². The molecule has 3 aromatic rings. The third-order valence-electron chi connectivity index (χ3n) is 6.57. The van der Waals surface area contributed by atoms with Gasteiger partial charge in [0.1, 0.15) is 11.9 Å². The van der Waals surface area contributed by atoms with Crippen LogP contribution in [-0.4, -0.2) is 29.3 Å². The maximum atomic E-state index is 13.7. The molecule has 0 spiro atoms. The Morgan fingerprint density at radius 3 is 2.44 bits per heavy atom. The zero-order valence-electron chi connectivity index (χ0n) is 19.5. The van der Waals surface area contributed by atoms with E-state index >= 15 is 0 Å². The smallest absolute Gasteiger partial charge is 0.290 e. The number of nitrogens with zero attached hydrogens (tertiary/aromatic N) is 1. The topological polar surface area (TPSA) is 62.6 Å². The van der Waals surface area contributed by atoms with Crippen LogP contribution in [0.4, 0.5) is 4.39 Å². The summed E-state index contributed by atoms with van der Waals surface area (Å²) in [5.74, 6) is -0.837. The van der Waals surface area contributed by atoms with Gasteiger partial charge in [-0.2, -0.15) is 0 Å². The largest absolute Gasteiger partial charge is 0.459 e. The summed E-state index contributed by atoms with van der Waals surface area (Å²) in [5, 5.41) is 3.17. The molecule has 0 unspecified atom stereocenters. The Hall–Kier alpha value is -3.41. The summed E-state index contributed by atoms with van der Waals surface area (Å²) >= 11 is 0. The minimum atomic E-state index is -0.899. The number of aryl methyl sites for hydroxylation is 1. The van der Waals surface area contributed by atoms with Crippen molar-refractivity contribution in [2.45, 2.75) is 57.5 Å². The van der Waals surface area contributed by atoms with Crippen molar-refractivity contribution in [3.05, 3.63) is 95.2 Å². The molecule has 2 amide bonds. The van der Waals surface area contributed by atoms with Crippen LogP contribution in [0.1, 0.15) is 65.4 Å². The summed E-state index contributed by atoms with van der Waals surface area (Å²) in [7, 11) is 0. The molecule has 6 heteroatoms. The van der Waals surface area contributed by atoms with Crippen LogP contribution in [-0.2, 0) is 11.2 Å². The first-order chi connectivity index (χ1) is 16.5. The average Bonchev–Trinajstić information content (AvgIpc) is 3.39. The molecule has 1 fully saturated rings. The summed E-state index contributed by atoms with van der Waals surface area (Å²) in [6.07, 6.45) is 7.21. The molecule has 0 bridgehead atoms. The molecular formula is C28H31FN2O3. The zero-order valence-corrected chi connectivity index (χ0v) is 19.5. The molecule has 1 aliphatic carbocycles. The first kappa shape index (κ1) is 23.7. The highest BCUT2D eigenvalue weighted by Gasteiger charge is 2.34. The first-order valence-electron chi connectivity index (χ1n) is 12.0. The molecule has 0 aliphatic heterocycles. The van der Waals surface area contributed by atoms with E-state index in [1.807, 2.05) is 31.2 Å². The van der Waals surface area contributed by atoms with Gasteiger partial charge in [0.25, 0.3) is 5.91 Å². The molecule has 1 saturated carbocycles. The monoisotopic (exact) mass is 462 g/mol. The van der Waals surface area contributed by atoms with Gasteiger partial charge >= 0.3 is 0 Å². The van der Waals surface area contributed by atoms with Crippen LogP contribution in [0.25, 0.3) is 0 Å². The lowest BCUT2D eigenvalue weighted by Gasteiger charge is -2.33. The quantitative estimate of drug-likeness (QED) is 0.474.